The molecule has 44 heavy (non-hydrogen) atoms. The highest BCUT2D eigenvalue weighted by molar-refractivity contribution is 6.22. The number of carbonyl (C=O) groups excluding carboxylic acids is 3. The zero-order valence-corrected chi connectivity index (χ0v) is 22.8. The lowest BCUT2D eigenvalue weighted by Gasteiger charge is -2.33. The van der Waals surface area contributed by atoms with E-state index in [1.807, 2.05) is 18.2 Å². The van der Waals surface area contributed by atoms with Crippen LogP contribution in [0.4, 0.5) is 0 Å². The Labute approximate surface area is 250 Å². The molecule has 0 bridgehead atoms. The molecular weight excluding hydrogens is 562 g/mol. The lowest BCUT2D eigenvalue weighted by molar-refractivity contribution is -0.00637. The van der Waals surface area contributed by atoms with Gasteiger partial charge >= 0.3 is 0 Å². The zero-order chi connectivity index (χ0) is 31.9. The van der Waals surface area contributed by atoms with Crippen LogP contribution in [-0.4, -0.2) is 36.2 Å². The maximum absolute atomic E-state index is 14.4. The number of rotatable bonds is 9. The first-order valence-corrected chi connectivity index (χ1v) is 12.6. The van der Waals surface area contributed by atoms with Crippen molar-refractivity contribution in [2.75, 3.05) is 7.11 Å². The van der Waals surface area contributed by atoms with Gasteiger partial charge in [0.2, 0.25) is 11.4 Å². The van der Waals surface area contributed by atoms with Gasteiger partial charge in [-0.3, -0.25) is 14.4 Å². The van der Waals surface area contributed by atoms with E-state index in [-0.39, 0.29) is 33.6 Å². The van der Waals surface area contributed by atoms with Crippen molar-refractivity contribution in [3.05, 3.63) is 123 Å². The van der Waals surface area contributed by atoms with Crippen LogP contribution < -0.4 is 4.74 Å². The summed E-state index contributed by atoms with van der Waals surface area (Å²) in [7, 11) is 1.18. The van der Waals surface area contributed by atoms with Crippen LogP contribution in [0, 0.1) is 57.0 Å². The number of allylic oxidation sites excluding steroid dienone is 2. The Morgan fingerprint density at radius 2 is 1.48 bits per heavy atom. The van der Waals surface area contributed by atoms with Gasteiger partial charge in [0.25, 0.3) is 12.5 Å². The van der Waals surface area contributed by atoms with Crippen molar-refractivity contribution >= 4 is 17.3 Å². The van der Waals surface area contributed by atoms with Crippen LogP contribution in [0.25, 0.3) is 0 Å². The maximum Gasteiger partial charge on any atom is 0.287 e. The van der Waals surface area contributed by atoms with Crippen molar-refractivity contribution in [2.24, 2.45) is 0 Å². The first kappa shape index (κ1) is 30.0. The highest BCUT2D eigenvalue weighted by Gasteiger charge is 2.51. The van der Waals surface area contributed by atoms with Gasteiger partial charge in [-0.15, -0.1) is 0 Å². The molecule has 11 heteroatoms. The molecule has 1 aliphatic rings. The van der Waals surface area contributed by atoms with Crippen molar-refractivity contribution in [3.63, 3.8) is 0 Å². The first-order chi connectivity index (χ1) is 21.3. The number of carbonyl (C=O) groups is 3. The van der Waals surface area contributed by atoms with Gasteiger partial charge < -0.3 is 14.2 Å². The number of nitriles is 5. The van der Waals surface area contributed by atoms with Crippen LogP contribution >= 0.6 is 0 Å². The lowest BCUT2D eigenvalue weighted by Crippen LogP contribution is -2.51. The van der Waals surface area contributed by atoms with Crippen molar-refractivity contribution in [1.29, 1.82) is 26.3 Å². The van der Waals surface area contributed by atoms with E-state index in [9.17, 15) is 35.4 Å². The highest BCUT2D eigenvalue weighted by Crippen LogP contribution is 2.38. The molecular formula is C33H17N5O6. The molecule has 3 aromatic rings. The fourth-order valence-corrected chi connectivity index (χ4v) is 4.69. The number of methoxy groups -OCH3 is 1. The van der Waals surface area contributed by atoms with Crippen molar-refractivity contribution in [2.45, 2.75) is 11.7 Å². The molecule has 1 aliphatic carbocycles. The summed E-state index contributed by atoms with van der Waals surface area (Å²) < 4.78 is 15.8. The number of hydrogen-bond acceptors (Lipinski definition) is 11. The van der Waals surface area contributed by atoms with Gasteiger partial charge in [-0.05, 0) is 66.8 Å². The van der Waals surface area contributed by atoms with E-state index in [0.29, 0.717) is 5.56 Å². The van der Waals surface area contributed by atoms with Crippen molar-refractivity contribution < 1.29 is 28.6 Å². The summed E-state index contributed by atoms with van der Waals surface area (Å²) in [5, 5.41) is 47.0. The second-order valence-corrected chi connectivity index (χ2v) is 9.09. The summed E-state index contributed by atoms with van der Waals surface area (Å²) in [6.07, 6.45) is 4.64. The van der Waals surface area contributed by atoms with Gasteiger partial charge in [0.05, 0.1) is 53.1 Å². The van der Waals surface area contributed by atoms with E-state index in [0.717, 1.165) is 18.2 Å². The Morgan fingerprint density at radius 1 is 0.773 bits per heavy atom. The van der Waals surface area contributed by atoms with Crippen LogP contribution in [0.2, 0.25) is 0 Å². The van der Waals surface area contributed by atoms with E-state index < -0.39 is 40.2 Å². The topological polar surface area (TPSA) is 198 Å². The molecule has 4 rings (SSSR count). The molecule has 0 fully saturated rings. The van der Waals surface area contributed by atoms with Gasteiger partial charge in [-0.1, -0.05) is 12.1 Å². The van der Waals surface area contributed by atoms with Gasteiger partial charge in [-0.25, -0.2) is 0 Å². The molecule has 2 unspecified atom stereocenters. The number of Topliss-reactive ketones (excluding diaryl/α,β-unsaturated/α-hetero) is 1. The molecule has 0 heterocycles. The Balaban J connectivity index is 2.02. The third-order valence-corrected chi connectivity index (χ3v) is 6.79. The fraction of sp³-hybridized carbons (Fsp3) is 0.0909. The summed E-state index contributed by atoms with van der Waals surface area (Å²) >= 11 is 0. The molecule has 0 spiro atoms. The Kier molecular flexibility index (Phi) is 8.63. The average molecular weight is 580 g/mol. The second-order valence-electron chi connectivity index (χ2n) is 9.09. The predicted molar refractivity (Wildman–Crippen MR) is 149 cm³/mol. The molecule has 0 amide bonds. The van der Waals surface area contributed by atoms with Crippen LogP contribution in [-0.2, 0) is 9.47 Å². The predicted octanol–water partition coefficient (Wildman–Crippen LogP) is 4.21. The molecule has 0 aliphatic heterocycles. The minimum Gasteiger partial charge on any atom is -0.495 e. The lowest BCUT2D eigenvalue weighted by atomic mass is 9.79. The minimum absolute atomic E-state index is 0.00963. The summed E-state index contributed by atoms with van der Waals surface area (Å²) in [6, 6.07) is 19.6. The van der Waals surface area contributed by atoms with Crippen LogP contribution in [0.3, 0.4) is 0 Å². The normalized spacial score (nSPS) is 16.4. The van der Waals surface area contributed by atoms with Gasteiger partial charge in [0.1, 0.15) is 5.75 Å². The largest absolute Gasteiger partial charge is 0.495 e. The fourth-order valence-electron chi connectivity index (χ4n) is 4.69. The highest BCUT2D eigenvalue weighted by atomic mass is 16.5. The quantitative estimate of drug-likeness (QED) is 0.260. The molecule has 0 aromatic heterocycles. The third kappa shape index (κ3) is 5.22. The van der Waals surface area contributed by atoms with Crippen molar-refractivity contribution in [1.82, 2.24) is 0 Å². The second kappa shape index (κ2) is 12.7. The Bertz CT molecular complexity index is 1980. The standard InChI is InChI=1S/C33H17N5O6/c1-42-31-26(29(39)22-8-6-20(15-34)7-9-22)11-10-25(28(31)30(40)24-5-3-2-4-23(24)17-36)32(41)33(44-19-38)13-12-21(16-35)14-27(33)43-18-37/h2-14,27H,1H3. The Hall–Kier alpha value is -7.00. The molecule has 11 nitrogen and oxygen atoms in total. The van der Waals surface area contributed by atoms with Crippen molar-refractivity contribution in [3.8, 4) is 36.5 Å². The van der Waals surface area contributed by atoms with Crippen LogP contribution in [0.15, 0.2) is 84.5 Å². The van der Waals surface area contributed by atoms with E-state index >= 15 is 0 Å². The molecule has 210 valence electrons. The number of ether oxygens (including phenoxy) is 3. The summed E-state index contributed by atoms with van der Waals surface area (Å²) in [5.74, 6) is -2.84. The first-order valence-electron chi connectivity index (χ1n) is 12.6. The minimum atomic E-state index is -2.35. The SMILES string of the molecule is COc1c(C(=O)c2ccc(C#N)cc2)ccc(C(=O)C2(OC#N)C=CC(C#N)=CC2OC#N)c1C(=O)c1ccccc1C#N. The number of nitrogens with zero attached hydrogens (tertiary/aromatic N) is 5. The van der Waals surface area contributed by atoms with Gasteiger partial charge in [0, 0.05) is 16.7 Å². The van der Waals surface area contributed by atoms with Gasteiger partial charge in [-0.2, -0.15) is 26.3 Å². The van der Waals surface area contributed by atoms with E-state index in [1.165, 1.54) is 80.3 Å². The molecule has 0 radical (unpaired) electrons. The molecule has 3 aromatic carbocycles. The van der Waals surface area contributed by atoms with Crippen LogP contribution in [0.5, 0.6) is 5.75 Å². The number of benzene rings is 3. The average Bonchev–Trinajstić information content (AvgIpc) is 3.07. The molecule has 2 atom stereocenters. The zero-order valence-electron chi connectivity index (χ0n) is 22.8. The molecule has 0 N–H and O–H groups in total. The monoisotopic (exact) mass is 579 g/mol. The molecule has 0 saturated carbocycles. The number of hydrogen-bond donors (Lipinski definition) is 0. The summed E-state index contributed by atoms with van der Waals surface area (Å²) in [4.78, 5) is 42.2. The maximum atomic E-state index is 14.4. The third-order valence-electron chi connectivity index (χ3n) is 6.79. The number of ketones is 3. The van der Waals surface area contributed by atoms with E-state index in [2.05, 4.69) is 0 Å². The summed E-state index contributed by atoms with van der Waals surface area (Å²) in [5.41, 5.74) is -2.98. The van der Waals surface area contributed by atoms with Crippen LogP contribution in [0.1, 0.15) is 53.3 Å². The summed E-state index contributed by atoms with van der Waals surface area (Å²) in [6.45, 7) is 0. The van der Waals surface area contributed by atoms with E-state index in [1.54, 1.807) is 0 Å². The molecule has 0 saturated heterocycles. The van der Waals surface area contributed by atoms with E-state index in [4.69, 9.17) is 19.5 Å². The Morgan fingerprint density at radius 3 is 2.09 bits per heavy atom. The smallest absolute Gasteiger partial charge is 0.287 e. The van der Waals surface area contributed by atoms with Gasteiger partial charge in [0.15, 0.2) is 17.7 Å².